The average Bonchev–Trinajstić information content (AvgIpc) is 2.56. The summed E-state index contributed by atoms with van der Waals surface area (Å²) in [6.07, 6.45) is 1.42. The summed E-state index contributed by atoms with van der Waals surface area (Å²) in [4.78, 5) is 12.5. The highest BCUT2D eigenvalue weighted by Gasteiger charge is 2.12. The number of rotatable bonds is 3. The largest absolute Gasteiger partial charge is 0.507 e. The molecule has 4 heteroatoms. The van der Waals surface area contributed by atoms with E-state index in [0.717, 1.165) is 16.3 Å². The van der Waals surface area contributed by atoms with E-state index in [1.165, 1.54) is 6.21 Å². The minimum absolute atomic E-state index is 0.117. The van der Waals surface area contributed by atoms with Crippen molar-refractivity contribution < 1.29 is 9.90 Å². The van der Waals surface area contributed by atoms with E-state index in [1.54, 1.807) is 24.3 Å². The fraction of sp³-hybridized carbons (Fsp3) is 0.0526. The molecule has 0 saturated heterocycles. The van der Waals surface area contributed by atoms with Crippen LogP contribution in [0.2, 0.25) is 0 Å². The van der Waals surface area contributed by atoms with Crippen LogP contribution in [0.1, 0.15) is 21.5 Å². The van der Waals surface area contributed by atoms with Crippen LogP contribution in [0.4, 0.5) is 0 Å². The van der Waals surface area contributed by atoms with Crippen molar-refractivity contribution in [2.45, 2.75) is 6.92 Å². The van der Waals surface area contributed by atoms with Crippen molar-refractivity contribution >= 4 is 22.9 Å². The molecule has 0 aliphatic rings. The molecular weight excluding hydrogens is 288 g/mol. The number of aryl methyl sites for hydroxylation is 1. The molecule has 0 aliphatic heterocycles. The van der Waals surface area contributed by atoms with Gasteiger partial charge in [-0.3, -0.25) is 4.79 Å². The molecule has 114 valence electrons. The van der Waals surface area contributed by atoms with E-state index in [1.807, 2.05) is 43.3 Å². The number of carbonyl (C=O) groups excluding carboxylic acids is 1. The van der Waals surface area contributed by atoms with Crippen molar-refractivity contribution in [3.63, 3.8) is 0 Å². The van der Waals surface area contributed by atoms with Gasteiger partial charge in [-0.2, -0.15) is 5.10 Å². The van der Waals surface area contributed by atoms with Gasteiger partial charge in [0, 0.05) is 5.56 Å². The van der Waals surface area contributed by atoms with Crippen LogP contribution >= 0.6 is 0 Å². The van der Waals surface area contributed by atoms with Gasteiger partial charge in [-0.1, -0.05) is 48.5 Å². The van der Waals surface area contributed by atoms with Crippen LogP contribution in [-0.4, -0.2) is 17.2 Å². The average molecular weight is 304 g/mol. The van der Waals surface area contributed by atoms with E-state index in [-0.39, 0.29) is 11.7 Å². The van der Waals surface area contributed by atoms with E-state index < -0.39 is 0 Å². The third kappa shape index (κ3) is 3.06. The summed E-state index contributed by atoms with van der Waals surface area (Å²) in [7, 11) is 0. The maximum atomic E-state index is 12.5. The van der Waals surface area contributed by atoms with E-state index in [2.05, 4.69) is 10.5 Å². The lowest BCUT2D eigenvalue weighted by atomic mass is 9.99. The Labute approximate surface area is 134 Å². The first-order chi connectivity index (χ1) is 11.2. The number of hydrazone groups is 1. The van der Waals surface area contributed by atoms with Gasteiger partial charge in [0.15, 0.2) is 0 Å². The SMILES string of the molecule is Cc1ccc2ccccc2c1C(=O)N/N=C\c1ccccc1O. The van der Waals surface area contributed by atoms with Crippen LogP contribution in [0.25, 0.3) is 10.8 Å². The highest BCUT2D eigenvalue weighted by atomic mass is 16.3. The molecule has 3 aromatic carbocycles. The van der Waals surface area contributed by atoms with Crippen LogP contribution in [0.5, 0.6) is 5.75 Å². The topological polar surface area (TPSA) is 61.7 Å². The maximum absolute atomic E-state index is 12.5. The van der Waals surface area contributed by atoms with Crippen LogP contribution in [-0.2, 0) is 0 Å². The van der Waals surface area contributed by atoms with Gasteiger partial charge < -0.3 is 5.11 Å². The van der Waals surface area contributed by atoms with Gasteiger partial charge in [0.2, 0.25) is 0 Å². The molecule has 3 rings (SSSR count). The zero-order valence-corrected chi connectivity index (χ0v) is 12.7. The Hall–Kier alpha value is -3.14. The molecule has 0 saturated carbocycles. The molecule has 0 heterocycles. The summed E-state index contributed by atoms with van der Waals surface area (Å²) < 4.78 is 0. The number of hydrogen-bond donors (Lipinski definition) is 2. The molecule has 4 nitrogen and oxygen atoms in total. The molecule has 23 heavy (non-hydrogen) atoms. The van der Waals surface area contributed by atoms with E-state index in [0.29, 0.717) is 11.1 Å². The van der Waals surface area contributed by atoms with E-state index in [4.69, 9.17) is 0 Å². The summed E-state index contributed by atoms with van der Waals surface area (Å²) in [6, 6.07) is 18.5. The van der Waals surface area contributed by atoms with Gasteiger partial charge in [-0.15, -0.1) is 0 Å². The minimum Gasteiger partial charge on any atom is -0.507 e. The summed E-state index contributed by atoms with van der Waals surface area (Å²) in [5, 5.41) is 15.5. The Kier molecular flexibility index (Phi) is 4.06. The van der Waals surface area contributed by atoms with Crippen molar-refractivity contribution in [3.05, 3.63) is 77.4 Å². The van der Waals surface area contributed by atoms with Crippen molar-refractivity contribution in [1.29, 1.82) is 0 Å². The van der Waals surface area contributed by atoms with Gasteiger partial charge in [0.1, 0.15) is 5.75 Å². The van der Waals surface area contributed by atoms with Gasteiger partial charge in [-0.05, 0) is 35.4 Å². The first-order valence-corrected chi connectivity index (χ1v) is 7.26. The lowest BCUT2D eigenvalue weighted by molar-refractivity contribution is 0.0956. The molecule has 1 amide bonds. The number of para-hydroxylation sites is 1. The highest BCUT2D eigenvalue weighted by molar-refractivity contribution is 6.08. The fourth-order valence-corrected chi connectivity index (χ4v) is 2.49. The van der Waals surface area contributed by atoms with Crippen LogP contribution in [0.3, 0.4) is 0 Å². The minimum atomic E-state index is -0.272. The summed E-state index contributed by atoms with van der Waals surface area (Å²) in [5.41, 5.74) is 4.57. The number of hydrogen-bond acceptors (Lipinski definition) is 3. The number of aromatic hydroxyl groups is 1. The molecule has 0 radical (unpaired) electrons. The summed E-state index contributed by atoms with van der Waals surface area (Å²) in [5.74, 6) is -0.155. The number of nitrogens with one attached hydrogen (secondary N) is 1. The van der Waals surface area contributed by atoms with E-state index >= 15 is 0 Å². The Morgan fingerprint density at radius 3 is 2.61 bits per heavy atom. The number of carbonyl (C=O) groups is 1. The molecule has 0 bridgehead atoms. The monoisotopic (exact) mass is 304 g/mol. The van der Waals surface area contributed by atoms with Crippen LogP contribution < -0.4 is 5.43 Å². The first-order valence-electron chi connectivity index (χ1n) is 7.26. The zero-order valence-electron chi connectivity index (χ0n) is 12.7. The standard InChI is InChI=1S/C19H16N2O2/c1-13-10-11-14-6-2-4-8-16(14)18(13)19(23)21-20-12-15-7-3-5-9-17(15)22/h2-12,22H,1H3,(H,21,23)/b20-12-. The van der Waals surface area contributed by atoms with Gasteiger partial charge in [-0.25, -0.2) is 5.43 Å². The molecule has 2 N–H and O–H groups in total. The first kappa shape index (κ1) is 14.8. The molecule has 3 aromatic rings. The third-order valence-electron chi connectivity index (χ3n) is 3.67. The fourth-order valence-electron chi connectivity index (χ4n) is 2.49. The van der Waals surface area contributed by atoms with Gasteiger partial charge in [0.25, 0.3) is 5.91 Å². The second kappa shape index (κ2) is 6.32. The Balaban J connectivity index is 1.87. The maximum Gasteiger partial charge on any atom is 0.272 e. The second-order valence-electron chi connectivity index (χ2n) is 5.24. The molecule has 0 atom stereocenters. The number of amides is 1. The van der Waals surface area contributed by atoms with Crippen molar-refractivity contribution in [1.82, 2.24) is 5.43 Å². The molecule has 0 aliphatic carbocycles. The lowest BCUT2D eigenvalue weighted by Crippen LogP contribution is -2.19. The number of phenolic OH excluding ortho intramolecular Hbond substituents is 1. The normalized spacial score (nSPS) is 11.0. The Bertz CT molecular complexity index is 901. The summed E-state index contributed by atoms with van der Waals surface area (Å²) >= 11 is 0. The number of nitrogens with zero attached hydrogens (tertiary/aromatic N) is 1. The van der Waals surface area contributed by atoms with Gasteiger partial charge >= 0.3 is 0 Å². The van der Waals surface area contributed by atoms with Gasteiger partial charge in [0.05, 0.1) is 11.8 Å². The van der Waals surface area contributed by atoms with Crippen LogP contribution in [0.15, 0.2) is 65.8 Å². The smallest absolute Gasteiger partial charge is 0.272 e. The molecule has 0 aromatic heterocycles. The summed E-state index contributed by atoms with van der Waals surface area (Å²) in [6.45, 7) is 1.90. The van der Waals surface area contributed by atoms with Crippen molar-refractivity contribution in [2.24, 2.45) is 5.10 Å². The second-order valence-corrected chi connectivity index (χ2v) is 5.24. The van der Waals surface area contributed by atoms with Crippen molar-refractivity contribution in [3.8, 4) is 5.75 Å². The number of phenols is 1. The quantitative estimate of drug-likeness (QED) is 0.573. The van der Waals surface area contributed by atoms with Crippen LogP contribution in [0, 0.1) is 6.92 Å². The Morgan fingerprint density at radius 1 is 1.04 bits per heavy atom. The molecule has 0 spiro atoms. The predicted molar refractivity (Wildman–Crippen MR) is 91.9 cm³/mol. The van der Waals surface area contributed by atoms with Crippen molar-refractivity contribution in [2.75, 3.05) is 0 Å². The third-order valence-corrected chi connectivity index (χ3v) is 3.67. The number of benzene rings is 3. The highest BCUT2D eigenvalue weighted by Crippen LogP contribution is 2.22. The Morgan fingerprint density at radius 2 is 1.78 bits per heavy atom. The predicted octanol–water partition coefficient (Wildman–Crippen LogP) is 3.62. The zero-order chi connectivity index (χ0) is 16.2. The molecular formula is C19H16N2O2. The molecule has 0 fully saturated rings. The van der Waals surface area contributed by atoms with E-state index in [9.17, 15) is 9.90 Å². The number of fused-ring (bicyclic) bond motifs is 1. The lowest BCUT2D eigenvalue weighted by Gasteiger charge is -2.08. The molecule has 0 unspecified atom stereocenters.